The molecule has 0 bridgehead atoms. The van der Waals surface area contributed by atoms with Crippen molar-refractivity contribution in [1.29, 1.82) is 0 Å². The van der Waals surface area contributed by atoms with Crippen molar-refractivity contribution in [2.75, 3.05) is 12.1 Å². The molecular weight excluding hydrogens is 238 g/mol. The second kappa shape index (κ2) is 5.71. The van der Waals surface area contributed by atoms with E-state index >= 15 is 0 Å². The van der Waals surface area contributed by atoms with Crippen molar-refractivity contribution < 1.29 is 4.74 Å². The van der Waals surface area contributed by atoms with E-state index in [2.05, 4.69) is 18.0 Å². The van der Waals surface area contributed by atoms with Crippen LogP contribution in [0.4, 0.5) is 5.69 Å². The Morgan fingerprint density at radius 3 is 2.58 bits per heavy atom. The molecule has 0 saturated carbocycles. The van der Waals surface area contributed by atoms with E-state index in [1.54, 1.807) is 5.01 Å². The Balaban J connectivity index is 2.19. The summed E-state index contributed by atoms with van der Waals surface area (Å²) in [4.78, 5) is 4.33. The summed E-state index contributed by atoms with van der Waals surface area (Å²) < 4.78 is 5.75. The zero-order valence-electron chi connectivity index (χ0n) is 11.6. The normalized spacial score (nSPS) is 10.3. The first-order valence-electron chi connectivity index (χ1n) is 6.21. The van der Waals surface area contributed by atoms with Gasteiger partial charge in [-0.3, -0.25) is 0 Å². The number of anilines is 1. The first kappa shape index (κ1) is 13.4. The van der Waals surface area contributed by atoms with E-state index in [0.717, 1.165) is 22.5 Å². The molecule has 0 aliphatic rings. The Labute approximate surface area is 113 Å². The van der Waals surface area contributed by atoms with E-state index in [1.165, 1.54) is 0 Å². The molecule has 2 N–H and O–H groups in total. The molecule has 0 fully saturated rings. The first-order chi connectivity index (χ1) is 9.08. The summed E-state index contributed by atoms with van der Waals surface area (Å²) in [5.74, 6) is 6.47. The molecule has 0 atom stereocenters. The van der Waals surface area contributed by atoms with Gasteiger partial charge in [0.25, 0.3) is 0 Å². The lowest BCUT2D eigenvalue weighted by atomic mass is 10.1. The predicted molar refractivity (Wildman–Crippen MR) is 77.1 cm³/mol. The van der Waals surface area contributed by atoms with E-state index in [0.29, 0.717) is 12.5 Å². The van der Waals surface area contributed by atoms with Crippen LogP contribution in [-0.4, -0.2) is 12.0 Å². The van der Waals surface area contributed by atoms with Gasteiger partial charge in [0.1, 0.15) is 6.61 Å². The third-order valence-electron chi connectivity index (χ3n) is 2.99. The number of aromatic nitrogens is 1. The molecule has 0 amide bonds. The number of pyridine rings is 1. The maximum absolute atomic E-state index is 5.84. The smallest absolute Gasteiger partial charge is 0.213 e. The summed E-state index contributed by atoms with van der Waals surface area (Å²) in [6.07, 6.45) is 0. The van der Waals surface area contributed by atoms with Gasteiger partial charge in [0.05, 0.1) is 5.69 Å². The van der Waals surface area contributed by atoms with Crippen LogP contribution in [0.1, 0.15) is 16.8 Å². The Hall–Kier alpha value is -2.07. The maximum atomic E-state index is 5.84. The Morgan fingerprint density at radius 2 is 1.89 bits per heavy atom. The number of hydrogen-bond acceptors (Lipinski definition) is 4. The van der Waals surface area contributed by atoms with Gasteiger partial charge in [0, 0.05) is 24.4 Å². The van der Waals surface area contributed by atoms with Gasteiger partial charge in [-0.2, -0.15) is 0 Å². The number of nitrogens with zero attached hydrogens (tertiary/aromatic N) is 2. The molecule has 4 heteroatoms. The Kier molecular flexibility index (Phi) is 4.02. The van der Waals surface area contributed by atoms with Crippen LogP contribution in [0.5, 0.6) is 5.88 Å². The number of hydrogen-bond donors (Lipinski definition) is 1. The number of ether oxygens (including phenoxy) is 1. The molecule has 0 aliphatic heterocycles. The van der Waals surface area contributed by atoms with Crippen molar-refractivity contribution in [1.82, 2.24) is 4.98 Å². The molecule has 0 radical (unpaired) electrons. The lowest BCUT2D eigenvalue weighted by Crippen LogP contribution is -2.26. The van der Waals surface area contributed by atoms with Gasteiger partial charge in [0.2, 0.25) is 5.88 Å². The quantitative estimate of drug-likeness (QED) is 0.675. The van der Waals surface area contributed by atoms with Crippen molar-refractivity contribution in [3.8, 4) is 5.88 Å². The van der Waals surface area contributed by atoms with Gasteiger partial charge < -0.3 is 9.75 Å². The molecule has 4 nitrogen and oxygen atoms in total. The van der Waals surface area contributed by atoms with Gasteiger partial charge >= 0.3 is 0 Å². The second-order valence-electron chi connectivity index (χ2n) is 4.59. The average molecular weight is 257 g/mol. The van der Waals surface area contributed by atoms with Crippen LogP contribution in [0.15, 0.2) is 36.4 Å². The van der Waals surface area contributed by atoms with Crippen LogP contribution < -0.4 is 15.6 Å². The minimum Gasteiger partial charge on any atom is -0.473 e. The summed E-state index contributed by atoms with van der Waals surface area (Å²) in [5, 5.41) is 1.61. The summed E-state index contributed by atoms with van der Waals surface area (Å²) in [6.45, 7) is 4.45. The highest BCUT2D eigenvalue weighted by atomic mass is 16.5. The fourth-order valence-corrected chi connectivity index (χ4v) is 1.95. The summed E-state index contributed by atoms with van der Waals surface area (Å²) in [7, 11) is 1.82. The van der Waals surface area contributed by atoms with Gasteiger partial charge in [0.15, 0.2) is 0 Å². The summed E-state index contributed by atoms with van der Waals surface area (Å²) in [6, 6.07) is 11.8. The molecular formula is C15H19N3O. The molecule has 2 rings (SSSR count). The average Bonchev–Trinajstić information content (AvgIpc) is 2.37. The van der Waals surface area contributed by atoms with Crippen LogP contribution >= 0.6 is 0 Å². The molecule has 0 aliphatic carbocycles. The number of rotatable bonds is 4. The molecule has 1 aromatic carbocycles. The highest BCUT2D eigenvalue weighted by Crippen LogP contribution is 2.22. The lowest BCUT2D eigenvalue weighted by molar-refractivity contribution is 0.293. The third-order valence-corrected chi connectivity index (χ3v) is 2.99. The fourth-order valence-electron chi connectivity index (χ4n) is 1.95. The predicted octanol–water partition coefficient (Wildman–Crippen LogP) is 2.59. The molecule has 2 aromatic rings. The first-order valence-corrected chi connectivity index (χ1v) is 6.21. The number of aryl methyl sites for hydroxylation is 2. The topological polar surface area (TPSA) is 51.4 Å². The molecule has 1 aromatic heterocycles. The number of benzene rings is 1. The molecule has 19 heavy (non-hydrogen) atoms. The minimum absolute atomic E-state index is 0.458. The van der Waals surface area contributed by atoms with Crippen molar-refractivity contribution in [2.24, 2.45) is 5.84 Å². The largest absolute Gasteiger partial charge is 0.473 e. The summed E-state index contributed by atoms with van der Waals surface area (Å²) >= 11 is 0. The van der Waals surface area contributed by atoms with E-state index < -0.39 is 0 Å². The van der Waals surface area contributed by atoms with Crippen LogP contribution in [0.25, 0.3) is 0 Å². The third kappa shape index (κ3) is 3.23. The number of nitrogens with two attached hydrogens (primary N) is 1. The van der Waals surface area contributed by atoms with E-state index in [4.69, 9.17) is 10.6 Å². The van der Waals surface area contributed by atoms with Crippen LogP contribution in [0.2, 0.25) is 0 Å². The SMILES string of the molecule is Cc1cccc(OCc2c(C)cccc2N(C)N)n1. The van der Waals surface area contributed by atoms with Crippen molar-refractivity contribution in [3.63, 3.8) is 0 Å². The van der Waals surface area contributed by atoms with E-state index in [9.17, 15) is 0 Å². The van der Waals surface area contributed by atoms with Gasteiger partial charge in [-0.1, -0.05) is 18.2 Å². The minimum atomic E-state index is 0.458. The standard InChI is InChI=1S/C15H19N3O/c1-11-6-4-8-14(18(3)16)13(11)10-19-15-9-5-7-12(2)17-15/h4-9H,10,16H2,1-3H3. The van der Waals surface area contributed by atoms with Crippen molar-refractivity contribution in [3.05, 3.63) is 53.2 Å². The van der Waals surface area contributed by atoms with Gasteiger partial charge in [-0.05, 0) is 31.5 Å². The second-order valence-corrected chi connectivity index (χ2v) is 4.59. The van der Waals surface area contributed by atoms with Crippen LogP contribution in [-0.2, 0) is 6.61 Å². The van der Waals surface area contributed by atoms with Crippen molar-refractivity contribution in [2.45, 2.75) is 20.5 Å². The number of hydrazine groups is 1. The van der Waals surface area contributed by atoms with Crippen LogP contribution in [0.3, 0.4) is 0 Å². The molecule has 0 saturated heterocycles. The highest BCUT2D eigenvalue weighted by Gasteiger charge is 2.09. The molecule has 0 spiro atoms. The van der Waals surface area contributed by atoms with Crippen molar-refractivity contribution >= 4 is 5.69 Å². The Bertz CT molecular complexity index is 567. The molecule has 100 valence electrons. The van der Waals surface area contributed by atoms with E-state index in [1.807, 2.05) is 44.3 Å². The monoisotopic (exact) mass is 257 g/mol. The summed E-state index contributed by atoms with van der Waals surface area (Å²) in [5.41, 5.74) is 4.14. The fraction of sp³-hybridized carbons (Fsp3) is 0.267. The Morgan fingerprint density at radius 1 is 1.16 bits per heavy atom. The molecule has 1 heterocycles. The maximum Gasteiger partial charge on any atom is 0.213 e. The molecule has 0 unspecified atom stereocenters. The van der Waals surface area contributed by atoms with E-state index in [-0.39, 0.29) is 0 Å². The zero-order chi connectivity index (χ0) is 13.8. The van der Waals surface area contributed by atoms with Crippen LogP contribution in [0, 0.1) is 13.8 Å². The lowest BCUT2D eigenvalue weighted by Gasteiger charge is -2.19. The van der Waals surface area contributed by atoms with Gasteiger partial charge in [-0.15, -0.1) is 0 Å². The highest BCUT2D eigenvalue weighted by molar-refractivity contribution is 5.55. The zero-order valence-corrected chi connectivity index (χ0v) is 11.6. The van der Waals surface area contributed by atoms with Gasteiger partial charge in [-0.25, -0.2) is 10.8 Å².